The van der Waals surface area contributed by atoms with Crippen LogP contribution in [0.3, 0.4) is 0 Å². The molecule has 3 aromatic heterocycles. The predicted octanol–water partition coefficient (Wildman–Crippen LogP) is 3.02. The number of benzene rings is 1. The maximum absolute atomic E-state index is 12.6. The van der Waals surface area contributed by atoms with Crippen LogP contribution in [0, 0.1) is 0 Å². The Labute approximate surface area is 184 Å². The van der Waals surface area contributed by atoms with Crippen molar-refractivity contribution in [1.29, 1.82) is 0 Å². The third-order valence-corrected chi connectivity index (χ3v) is 5.22. The molecule has 0 radical (unpaired) electrons. The van der Waals surface area contributed by atoms with Crippen molar-refractivity contribution >= 4 is 28.4 Å². The summed E-state index contributed by atoms with van der Waals surface area (Å²) in [6.07, 6.45) is -3.38. The highest BCUT2D eigenvalue weighted by atomic mass is 19.4. The van der Waals surface area contributed by atoms with Crippen LogP contribution in [0.1, 0.15) is 22.6 Å². The van der Waals surface area contributed by atoms with Crippen LogP contribution in [-0.4, -0.2) is 30.6 Å². The average Bonchev–Trinajstić information content (AvgIpc) is 3.36. The van der Waals surface area contributed by atoms with Crippen molar-refractivity contribution in [3.8, 4) is 5.69 Å². The highest BCUT2D eigenvalue weighted by Gasteiger charge is 2.33. The zero-order valence-corrected chi connectivity index (χ0v) is 16.9. The molecule has 0 saturated carbocycles. The van der Waals surface area contributed by atoms with Gasteiger partial charge >= 0.3 is 6.18 Å². The van der Waals surface area contributed by atoms with E-state index in [9.17, 15) is 18.0 Å². The molecule has 1 aliphatic heterocycles. The van der Waals surface area contributed by atoms with Gasteiger partial charge in [-0.3, -0.25) is 4.79 Å². The van der Waals surface area contributed by atoms with Gasteiger partial charge in [0.15, 0.2) is 11.5 Å². The van der Waals surface area contributed by atoms with Gasteiger partial charge in [-0.2, -0.15) is 18.3 Å². The van der Waals surface area contributed by atoms with Gasteiger partial charge < -0.3 is 20.4 Å². The number of halogens is 3. The van der Waals surface area contributed by atoms with Crippen molar-refractivity contribution in [2.45, 2.75) is 25.8 Å². The summed E-state index contributed by atoms with van der Waals surface area (Å²) in [5, 5.41) is 9.29. The number of alkyl halides is 3. The van der Waals surface area contributed by atoms with E-state index in [4.69, 9.17) is 10.5 Å². The summed E-state index contributed by atoms with van der Waals surface area (Å²) in [6, 6.07) is 8.95. The molecule has 5 rings (SSSR count). The first-order valence-electron chi connectivity index (χ1n) is 9.82. The summed E-state index contributed by atoms with van der Waals surface area (Å²) in [5.74, 6) is -0.0837. The van der Waals surface area contributed by atoms with Crippen molar-refractivity contribution in [3.05, 3.63) is 65.4 Å². The summed E-state index contributed by atoms with van der Waals surface area (Å²) in [6.45, 7) is 0.855. The number of carbonyl (C=O) groups is 1. The average molecular weight is 455 g/mol. The number of anilines is 2. The lowest BCUT2D eigenvalue weighted by atomic mass is 10.2. The molecule has 0 atom stereocenters. The second kappa shape index (κ2) is 7.81. The monoisotopic (exact) mass is 455 g/mol. The predicted molar refractivity (Wildman–Crippen MR) is 111 cm³/mol. The van der Waals surface area contributed by atoms with E-state index < -0.39 is 17.8 Å². The van der Waals surface area contributed by atoms with Crippen molar-refractivity contribution in [1.82, 2.24) is 24.7 Å². The fourth-order valence-corrected chi connectivity index (χ4v) is 3.75. The highest BCUT2D eigenvalue weighted by Crippen LogP contribution is 2.35. The van der Waals surface area contributed by atoms with Crippen molar-refractivity contribution in [2.24, 2.45) is 0 Å². The highest BCUT2D eigenvalue weighted by molar-refractivity contribution is 5.93. The van der Waals surface area contributed by atoms with Gasteiger partial charge in [0.1, 0.15) is 17.4 Å². The molecule has 0 spiro atoms. The van der Waals surface area contributed by atoms with Gasteiger partial charge in [-0.15, -0.1) is 5.10 Å². The topological polar surface area (TPSA) is 121 Å². The lowest BCUT2D eigenvalue weighted by Gasteiger charge is -2.11. The van der Waals surface area contributed by atoms with Gasteiger partial charge in [-0.1, -0.05) is 0 Å². The fourth-order valence-electron chi connectivity index (χ4n) is 3.75. The van der Waals surface area contributed by atoms with E-state index in [1.807, 2.05) is 4.57 Å². The Hall–Kier alpha value is -4.06. The largest absolute Gasteiger partial charge is 0.435 e. The zero-order chi connectivity index (χ0) is 23.2. The number of rotatable bonds is 4. The molecular formula is C21H16F3N7O2. The summed E-state index contributed by atoms with van der Waals surface area (Å²) in [4.78, 5) is 20.7. The van der Waals surface area contributed by atoms with Gasteiger partial charge in [0.05, 0.1) is 31.0 Å². The number of carbonyl (C=O) groups excluding carboxylic acids is 1. The second-order valence-corrected chi connectivity index (χ2v) is 7.39. The van der Waals surface area contributed by atoms with Crippen molar-refractivity contribution in [3.63, 3.8) is 0 Å². The van der Waals surface area contributed by atoms with E-state index in [2.05, 4.69) is 25.5 Å². The van der Waals surface area contributed by atoms with Gasteiger partial charge in [-0.25, -0.2) is 9.97 Å². The van der Waals surface area contributed by atoms with Gasteiger partial charge in [0.25, 0.3) is 0 Å². The Morgan fingerprint density at radius 1 is 1.09 bits per heavy atom. The standard InChI is InChI=1S/C21H16F3N7O2/c22-21(23,24)16-6-3-12(29-30-16)7-17(32)28-11-1-4-13(5-2-11)31-15-9-33-8-14(15)18-19(31)20(25)27-10-26-18/h1-6,10H,7-9H2,(H,28,32)(H2,25,26,27). The Morgan fingerprint density at radius 3 is 2.58 bits per heavy atom. The number of nitrogens with zero attached hydrogens (tertiary/aromatic N) is 5. The molecule has 0 fully saturated rings. The minimum absolute atomic E-state index is 0.127. The molecule has 4 heterocycles. The third kappa shape index (κ3) is 3.84. The Kier molecular flexibility index (Phi) is 4.93. The number of ether oxygens (including phenoxy) is 1. The molecule has 1 aromatic carbocycles. The molecule has 1 amide bonds. The van der Waals surface area contributed by atoms with Crippen LogP contribution in [0.5, 0.6) is 0 Å². The lowest BCUT2D eigenvalue weighted by Crippen LogP contribution is -2.16. The Balaban J connectivity index is 1.34. The minimum Gasteiger partial charge on any atom is -0.382 e. The first-order chi connectivity index (χ1) is 15.8. The summed E-state index contributed by atoms with van der Waals surface area (Å²) >= 11 is 0. The maximum Gasteiger partial charge on any atom is 0.435 e. The van der Waals surface area contributed by atoms with Crippen LogP contribution in [0.4, 0.5) is 24.7 Å². The van der Waals surface area contributed by atoms with Crippen LogP contribution in [0.2, 0.25) is 0 Å². The van der Waals surface area contributed by atoms with Crippen molar-refractivity contribution in [2.75, 3.05) is 11.1 Å². The number of hydrogen-bond donors (Lipinski definition) is 2. The second-order valence-electron chi connectivity index (χ2n) is 7.39. The zero-order valence-electron chi connectivity index (χ0n) is 16.9. The molecule has 0 saturated heterocycles. The molecule has 9 nitrogen and oxygen atoms in total. The lowest BCUT2D eigenvalue weighted by molar-refractivity contribution is -0.141. The van der Waals surface area contributed by atoms with Crippen LogP contribution < -0.4 is 11.1 Å². The van der Waals surface area contributed by atoms with E-state index in [-0.39, 0.29) is 12.1 Å². The summed E-state index contributed by atoms with van der Waals surface area (Å²) in [7, 11) is 0. The maximum atomic E-state index is 12.6. The quantitative estimate of drug-likeness (QED) is 0.485. The molecule has 0 aliphatic carbocycles. The summed E-state index contributed by atoms with van der Waals surface area (Å²) < 4.78 is 45.3. The molecule has 0 bridgehead atoms. The smallest absolute Gasteiger partial charge is 0.382 e. The first kappa shape index (κ1) is 20.8. The molecule has 33 heavy (non-hydrogen) atoms. The minimum atomic E-state index is -4.58. The molecule has 3 N–H and O–H groups in total. The fraction of sp³-hybridized carbons (Fsp3) is 0.190. The first-order valence-corrected chi connectivity index (χ1v) is 9.82. The van der Waals surface area contributed by atoms with Crippen LogP contribution in [-0.2, 0) is 35.3 Å². The van der Waals surface area contributed by atoms with Crippen LogP contribution in [0.15, 0.2) is 42.7 Å². The van der Waals surface area contributed by atoms with E-state index in [0.29, 0.717) is 30.2 Å². The molecule has 0 unspecified atom stereocenters. The number of amides is 1. The van der Waals surface area contributed by atoms with E-state index in [1.165, 1.54) is 6.33 Å². The number of fused-ring (bicyclic) bond motifs is 3. The van der Waals surface area contributed by atoms with Crippen LogP contribution >= 0.6 is 0 Å². The number of aromatic nitrogens is 5. The molecule has 168 valence electrons. The van der Waals surface area contributed by atoms with E-state index in [1.54, 1.807) is 24.3 Å². The van der Waals surface area contributed by atoms with E-state index >= 15 is 0 Å². The Bertz CT molecular complexity index is 1350. The molecule has 4 aromatic rings. The number of nitrogen functional groups attached to an aromatic ring is 1. The number of hydrogen-bond acceptors (Lipinski definition) is 7. The molecule has 12 heteroatoms. The number of nitrogens with two attached hydrogens (primary N) is 1. The third-order valence-electron chi connectivity index (χ3n) is 5.22. The Morgan fingerprint density at radius 2 is 1.88 bits per heavy atom. The van der Waals surface area contributed by atoms with E-state index in [0.717, 1.165) is 34.6 Å². The summed E-state index contributed by atoms with van der Waals surface area (Å²) in [5.41, 5.74) is 9.78. The molecule has 1 aliphatic rings. The normalized spacial score (nSPS) is 13.3. The SMILES string of the molecule is Nc1ncnc2c3c(n(-c4ccc(NC(=O)Cc5ccc(C(F)(F)F)nn5)cc4)c12)COC3. The van der Waals surface area contributed by atoms with Gasteiger partial charge in [-0.05, 0) is 36.4 Å². The molecular weight excluding hydrogens is 439 g/mol. The van der Waals surface area contributed by atoms with Crippen LogP contribution in [0.25, 0.3) is 16.7 Å². The van der Waals surface area contributed by atoms with Gasteiger partial charge in [0.2, 0.25) is 5.91 Å². The van der Waals surface area contributed by atoms with Gasteiger partial charge in [0, 0.05) is 16.9 Å². The van der Waals surface area contributed by atoms with Crippen molar-refractivity contribution < 1.29 is 22.7 Å². The number of nitrogens with one attached hydrogen (secondary N) is 1.